The lowest BCUT2D eigenvalue weighted by Gasteiger charge is -2.04. The van der Waals surface area contributed by atoms with Crippen LogP contribution in [0.5, 0.6) is 0 Å². The molecule has 5 nitrogen and oxygen atoms in total. The van der Waals surface area contributed by atoms with Crippen LogP contribution in [-0.2, 0) is 0 Å². The van der Waals surface area contributed by atoms with E-state index in [2.05, 4.69) is 15.0 Å². The second kappa shape index (κ2) is 4.06. The zero-order valence-corrected chi connectivity index (χ0v) is 8.58. The van der Waals surface area contributed by atoms with Gasteiger partial charge in [0.05, 0.1) is 11.9 Å². The molecule has 0 unspecified atom stereocenters. The summed E-state index contributed by atoms with van der Waals surface area (Å²) < 4.78 is 0. The Hall–Kier alpha value is -2.30. The van der Waals surface area contributed by atoms with Crippen LogP contribution in [0.4, 0.5) is 0 Å². The van der Waals surface area contributed by atoms with Crippen LogP contribution in [0.25, 0.3) is 11.3 Å². The SMILES string of the molecule is Cc1ccc(-c2cnccn2)c(C(=O)O)n1. The summed E-state index contributed by atoms with van der Waals surface area (Å²) >= 11 is 0. The lowest BCUT2D eigenvalue weighted by Crippen LogP contribution is -2.05. The van der Waals surface area contributed by atoms with E-state index >= 15 is 0 Å². The average Bonchev–Trinajstić information content (AvgIpc) is 2.30. The lowest BCUT2D eigenvalue weighted by atomic mass is 10.1. The Morgan fingerprint density at radius 1 is 1.31 bits per heavy atom. The van der Waals surface area contributed by atoms with Gasteiger partial charge in [-0.2, -0.15) is 0 Å². The number of aromatic nitrogens is 3. The molecular formula is C11H9N3O2. The summed E-state index contributed by atoms with van der Waals surface area (Å²) in [5.41, 5.74) is 1.64. The molecule has 0 bridgehead atoms. The van der Waals surface area contributed by atoms with E-state index in [4.69, 9.17) is 5.11 Å². The zero-order valence-electron chi connectivity index (χ0n) is 8.58. The van der Waals surface area contributed by atoms with Crippen molar-refractivity contribution >= 4 is 5.97 Å². The quantitative estimate of drug-likeness (QED) is 0.822. The Labute approximate surface area is 91.8 Å². The number of hydrogen-bond acceptors (Lipinski definition) is 4. The van der Waals surface area contributed by atoms with Crippen molar-refractivity contribution in [3.8, 4) is 11.3 Å². The van der Waals surface area contributed by atoms with Crippen LogP contribution in [0, 0.1) is 6.92 Å². The van der Waals surface area contributed by atoms with Crippen LogP contribution in [0.2, 0.25) is 0 Å². The van der Waals surface area contributed by atoms with E-state index in [9.17, 15) is 4.79 Å². The molecule has 2 heterocycles. The first-order chi connectivity index (χ1) is 7.68. The molecule has 0 aliphatic rings. The van der Waals surface area contributed by atoms with Crippen molar-refractivity contribution in [2.24, 2.45) is 0 Å². The predicted molar refractivity (Wildman–Crippen MR) is 57.0 cm³/mol. The van der Waals surface area contributed by atoms with Crippen molar-refractivity contribution in [3.63, 3.8) is 0 Å². The third-order valence-corrected chi connectivity index (χ3v) is 2.08. The maximum atomic E-state index is 11.0. The van der Waals surface area contributed by atoms with Gasteiger partial charge in [-0.25, -0.2) is 9.78 Å². The Morgan fingerprint density at radius 3 is 2.75 bits per heavy atom. The minimum absolute atomic E-state index is 0.000463. The second-order valence-corrected chi connectivity index (χ2v) is 3.24. The number of aromatic carboxylic acids is 1. The topological polar surface area (TPSA) is 76.0 Å². The summed E-state index contributed by atoms with van der Waals surface area (Å²) in [6, 6.07) is 3.44. The van der Waals surface area contributed by atoms with Crippen LogP contribution in [0.15, 0.2) is 30.7 Å². The molecule has 2 rings (SSSR count). The minimum atomic E-state index is -1.07. The number of aryl methyl sites for hydroxylation is 1. The molecule has 0 saturated heterocycles. The molecule has 5 heteroatoms. The van der Waals surface area contributed by atoms with Gasteiger partial charge in [-0.3, -0.25) is 9.97 Å². The molecule has 0 spiro atoms. The van der Waals surface area contributed by atoms with Crippen molar-refractivity contribution < 1.29 is 9.90 Å². The molecule has 0 amide bonds. The van der Waals surface area contributed by atoms with Crippen LogP contribution in [0.1, 0.15) is 16.2 Å². The second-order valence-electron chi connectivity index (χ2n) is 3.24. The first kappa shape index (κ1) is 10.2. The first-order valence-corrected chi connectivity index (χ1v) is 4.66. The fraction of sp³-hybridized carbons (Fsp3) is 0.0909. The highest BCUT2D eigenvalue weighted by atomic mass is 16.4. The summed E-state index contributed by atoms with van der Waals surface area (Å²) in [5.74, 6) is -1.07. The van der Waals surface area contributed by atoms with E-state index < -0.39 is 5.97 Å². The summed E-state index contributed by atoms with van der Waals surface area (Å²) in [6.45, 7) is 1.74. The fourth-order valence-electron chi connectivity index (χ4n) is 1.36. The largest absolute Gasteiger partial charge is 0.476 e. The van der Waals surface area contributed by atoms with Crippen molar-refractivity contribution in [2.45, 2.75) is 6.92 Å². The van der Waals surface area contributed by atoms with Gasteiger partial charge in [0.15, 0.2) is 5.69 Å². The highest BCUT2D eigenvalue weighted by Gasteiger charge is 2.14. The molecule has 1 N–H and O–H groups in total. The van der Waals surface area contributed by atoms with E-state index in [0.717, 1.165) is 0 Å². The Balaban J connectivity index is 2.61. The van der Waals surface area contributed by atoms with Gasteiger partial charge >= 0.3 is 5.97 Å². The van der Waals surface area contributed by atoms with Gasteiger partial charge in [-0.1, -0.05) is 0 Å². The molecular weight excluding hydrogens is 206 g/mol. The van der Waals surface area contributed by atoms with Crippen LogP contribution in [0.3, 0.4) is 0 Å². The fourth-order valence-corrected chi connectivity index (χ4v) is 1.36. The molecule has 0 saturated carbocycles. The maximum Gasteiger partial charge on any atom is 0.355 e. The van der Waals surface area contributed by atoms with Crippen LogP contribution < -0.4 is 0 Å². The highest BCUT2D eigenvalue weighted by molar-refractivity contribution is 5.93. The molecule has 16 heavy (non-hydrogen) atoms. The molecule has 0 aliphatic carbocycles. The highest BCUT2D eigenvalue weighted by Crippen LogP contribution is 2.19. The van der Waals surface area contributed by atoms with E-state index in [1.807, 2.05) is 0 Å². The molecule has 0 aromatic carbocycles. The zero-order chi connectivity index (χ0) is 11.5. The van der Waals surface area contributed by atoms with Crippen LogP contribution in [-0.4, -0.2) is 26.0 Å². The smallest absolute Gasteiger partial charge is 0.355 e. The van der Waals surface area contributed by atoms with Gasteiger partial charge in [0, 0.05) is 23.7 Å². The number of nitrogens with zero attached hydrogens (tertiary/aromatic N) is 3. The molecule has 80 valence electrons. The number of hydrogen-bond donors (Lipinski definition) is 1. The standard InChI is InChI=1S/C11H9N3O2/c1-7-2-3-8(10(14-7)11(15)16)9-6-12-4-5-13-9/h2-6H,1H3,(H,15,16). The van der Waals surface area contributed by atoms with E-state index in [1.165, 1.54) is 18.6 Å². The summed E-state index contributed by atoms with van der Waals surface area (Å²) in [4.78, 5) is 23.0. The van der Waals surface area contributed by atoms with E-state index in [1.54, 1.807) is 19.1 Å². The van der Waals surface area contributed by atoms with Gasteiger partial charge in [0.2, 0.25) is 0 Å². The first-order valence-electron chi connectivity index (χ1n) is 4.66. The van der Waals surface area contributed by atoms with Crippen molar-refractivity contribution in [2.75, 3.05) is 0 Å². The lowest BCUT2D eigenvalue weighted by molar-refractivity contribution is 0.0691. The maximum absolute atomic E-state index is 11.0. The van der Waals surface area contributed by atoms with Crippen molar-refractivity contribution in [3.05, 3.63) is 42.1 Å². The molecule has 0 radical (unpaired) electrons. The molecule has 0 atom stereocenters. The third-order valence-electron chi connectivity index (χ3n) is 2.08. The Bertz CT molecular complexity index is 526. The summed E-state index contributed by atoms with van der Waals surface area (Å²) in [5, 5.41) is 9.04. The monoisotopic (exact) mass is 215 g/mol. The Kier molecular flexibility index (Phi) is 2.59. The van der Waals surface area contributed by atoms with Gasteiger partial charge < -0.3 is 5.11 Å². The molecule has 0 aliphatic heterocycles. The van der Waals surface area contributed by atoms with Gasteiger partial charge in [0.1, 0.15) is 0 Å². The van der Waals surface area contributed by atoms with Gasteiger partial charge in [-0.05, 0) is 19.1 Å². The normalized spacial score (nSPS) is 10.1. The number of carboxylic acids is 1. The molecule has 0 fully saturated rings. The predicted octanol–water partition coefficient (Wildman–Crippen LogP) is 1.55. The number of rotatable bonds is 2. The van der Waals surface area contributed by atoms with Gasteiger partial charge in [0.25, 0.3) is 0 Å². The summed E-state index contributed by atoms with van der Waals surface area (Å²) in [6.07, 6.45) is 4.56. The molecule has 2 aromatic heterocycles. The molecule has 2 aromatic rings. The number of carboxylic acid groups (broad SMARTS) is 1. The number of pyridine rings is 1. The van der Waals surface area contributed by atoms with E-state index in [-0.39, 0.29) is 5.69 Å². The van der Waals surface area contributed by atoms with E-state index in [0.29, 0.717) is 17.0 Å². The summed E-state index contributed by atoms with van der Waals surface area (Å²) in [7, 11) is 0. The third kappa shape index (κ3) is 1.88. The minimum Gasteiger partial charge on any atom is -0.476 e. The van der Waals surface area contributed by atoms with Crippen molar-refractivity contribution in [1.29, 1.82) is 0 Å². The van der Waals surface area contributed by atoms with Crippen LogP contribution >= 0.6 is 0 Å². The van der Waals surface area contributed by atoms with Gasteiger partial charge in [-0.15, -0.1) is 0 Å². The number of carbonyl (C=O) groups is 1. The van der Waals surface area contributed by atoms with Crippen molar-refractivity contribution in [1.82, 2.24) is 15.0 Å². The Morgan fingerprint density at radius 2 is 2.12 bits per heavy atom. The average molecular weight is 215 g/mol.